The Labute approximate surface area is 156 Å². The Balaban J connectivity index is 1.67. The van der Waals surface area contributed by atoms with Crippen LogP contribution in [0.3, 0.4) is 0 Å². The lowest BCUT2D eigenvalue weighted by Gasteiger charge is -2.33. The molecule has 1 amide bonds. The summed E-state index contributed by atoms with van der Waals surface area (Å²) in [5.74, 6) is -3.69. The molecule has 0 aromatic heterocycles. The van der Waals surface area contributed by atoms with Crippen LogP contribution in [-0.4, -0.2) is 55.4 Å². The Hall–Kier alpha value is -2.03. The van der Waals surface area contributed by atoms with E-state index in [-0.39, 0.29) is 23.1 Å². The molecule has 1 aromatic carbocycles. The molecule has 1 heterocycles. The summed E-state index contributed by atoms with van der Waals surface area (Å²) in [6, 6.07) is 2.12. The molecule has 0 bridgehead atoms. The van der Waals surface area contributed by atoms with Gasteiger partial charge in [0.05, 0.1) is 17.1 Å². The number of ether oxygens (including phenoxy) is 1. The summed E-state index contributed by atoms with van der Waals surface area (Å²) in [6.45, 7) is -0.565. The van der Waals surface area contributed by atoms with Gasteiger partial charge in [-0.05, 0) is 37.5 Å². The van der Waals surface area contributed by atoms with Crippen LogP contribution in [-0.2, 0) is 19.4 Å². The van der Waals surface area contributed by atoms with Gasteiger partial charge in [-0.15, -0.1) is 0 Å². The second-order valence-electron chi connectivity index (χ2n) is 7.00. The van der Waals surface area contributed by atoms with Gasteiger partial charge in [0.1, 0.15) is 0 Å². The fourth-order valence-electron chi connectivity index (χ4n) is 3.79. The first-order valence-corrected chi connectivity index (χ1v) is 10.7. The summed E-state index contributed by atoms with van der Waals surface area (Å²) >= 11 is 0. The molecule has 1 saturated heterocycles. The molecular weight excluding hydrogens is 380 g/mol. The minimum Gasteiger partial charge on any atom is -0.452 e. The van der Waals surface area contributed by atoms with Crippen molar-refractivity contribution in [3.05, 3.63) is 35.4 Å². The first-order chi connectivity index (χ1) is 12.8. The molecule has 0 radical (unpaired) electrons. The number of esters is 1. The van der Waals surface area contributed by atoms with Gasteiger partial charge in [0.25, 0.3) is 5.91 Å². The highest BCUT2D eigenvalue weighted by atomic mass is 32.2. The van der Waals surface area contributed by atoms with Crippen LogP contribution in [0.4, 0.5) is 8.78 Å². The smallest absolute Gasteiger partial charge is 0.338 e. The number of carbonyl (C=O) groups is 2. The number of sulfone groups is 1. The molecule has 1 aromatic rings. The van der Waals surface area contributed by atoms with E-state index < -0.39 is 46.0 Å². The van der Waals surface area contributed by atoms with Crippen molar-refractivity contribution in [3.63, 3.8) is 0 Å². The van der Waals surface area contributed by atoms with E-state index in [0.717, 1.165) is 37.8 Å². The zero-order valence-corrected chi connectivity index (χ0v) is 15.5. The molecule has 2 aliphatic rings. The summed E-state index contributed by atoms with van der Waals surface area (Å²) in [4.78, 5) is 26.3. The number of hydrogen-bond donors (Lipinski definition) is 0. The van der Waals surface area contributed by atoms with Gasteiger partial charge in [-0.3, -0.25) is 4.79 Å². The largest absolute Gasteiger partial charge is 0.452 e. The van der Waals surface area contributed by atoms with Crippen molar-refractivity contribution in [2.45, 2.75) is 44.2 Å². The van der Waals surface area contributed by atoms with E-state index in [9.17, 15) is 26.8 Å². The molecule has 148 valence electrons. The lowest BCUT2D eigenvalue weighted by atomic mass is 10.1. The van der Waals surface area contributed by atoms with Crippen LogP contribution in [0, 0.1) is 11.6 Å². The molecule has 1 aliphatic heterocycles. The average Bonchev–Trinajstić information content (AvgIpc) is 3.25. The molecule has 0 unspecified atom stereocenters. The van der Waals surface area contributed by atoms with Crippen LogP contribution in [0.5, 0.6) is 0 Å². The van der Waals surface area contributed by atoms with E-state index in [0.29, 0.717) is 12.5 Å². The van der Waals surface area contributed by atoms with Crippen LogP contribution in [0.1, 0.15) is 42.5 Å². The third kappa shape index (κ3) is 4.63. The summed E-state index contributed by atoms with van der Waals surface area (Å²) < 4.78 is 54.8. The standard InChI is InChI=1S/C18H21F2NO5S/c19-15-6-5-12(9-16(15)20)18(23)26-10-17(22)21(13-3-1-2-4-13)14-7-8-27(24,25)11-14/h5-6,9,13-14H,1-4,7-8,10-11H2/t14-/m0/s1. The van der Waals surface area contributed by atoms with Crippen molar-refractivity contribution in [2.24, 2.45) is 0 Å². The number of halogens is 2. The number of hydrogen-bond acceptors (Lipinski definition) is 5. The molecule has 1 aliphatic carbocycles. The third-order valence-electron chi connectivity index (χ3n) is 5.09. The van der Waals surface area contributed by atoms with Gasteiger partial charge in [-0.25, -0.2) is 22.0 Å². The number of carbonyl (C=O) groups excluding carboxylic acids is 2. The highest BCUT2D eigenvalue weighted by molar-refractivity contribution is 7.91. The van der Waals surface area contributed by atoms with Crippen molar-refractivity contribution in [1.82, 2.24) is 4.90 Å². The van der Waals surface area contributed by atoms with E-state index >= 15 is 0 Å². The molecule has 0 spiro atoms. The van der Waals surface area contributed by atoms with Crippen LogP contribution < -0.4 is 0 Å². The third-order valence-corrected chi connectivity index (χ3v) is 6.84. The predicted molar refractivity (Wildman–Crippen MR) is 92.8 cm³/mol. The van der Waals surface area contributed by atoms with Crippen LogP contribution in [0.15, 0.2) is 18.2 Å². The molecule has 0 N–H and O–H groups in total. The van der Waals surface area contributed by atoms with Gasteiger partial charge in [0.15, 0.2) is 28.1 Å². The number of amides is 1. The molecule has 3 rings (SSSR count). The fraction of sp³-hybridized carbons (Fsp3) is 0.556. The summed E-state index contributed by atoms with van der Waals surface area (Å²) in [5.41, 5.74) is -0.197. The van der Waals surface area contributed by atoms with Crippen molar-refractivity contribution in [2.75, 3.05) is 18.1 Å². The molecule has 6 nitrogen and oxygen atoms in total. The Bertz CT molecular complexity index is 836. The first-order valence-electron chi connectivity index (χ1n) is 8.90. The van der Waals surface area contributed by atoms with Gasteiger partial charge < -0.3 is 9.64 Å². The van der Waals surface area contributed by atoms with E-state index in [1.54, 1.807) is 4.90 Å². The van der Waals surface area contributed by atoms with Crippen molar-refractivity contribution >= 4 is 21.7 Å². The Morgan fingerprint density at radius 2 is 1.78 bits per heavy atom. The van der Waals surface area contributed by atoms with Crippen molar-refractivity contribution in [1.29, 1.82) is 0 Å². The number of nitrogens with zero attached hydrogens (tertiary/aromatic N) is 1. The minimum absolute atomic E-state index is 0.0445. The molecule has 27 heavy (non-hydrogen) atoms. The quantitative estimate of drug-likeness (QED) is 0.706. The van der Waals surface area contributed by atoms with Crippen LogP contribution >= 0.6 is 0 Å². The van der Waals surface area contributed by atoms with Crippen molar-refractivity contribution < 1.29 is 31.5 Å². The van der Waals surface area contributed by atoms with Gasteiger partial charge in [0, 0.05) is 12.1 Å². The predicted octanol–water partition coefficient (Wildman–Crippen LogP) is 2.08. The minimum atomic E-state index is -3.17. The van der Waals surface area contributed by atoms with Gasteiger partial charge in [-0.2, -0.15) is 0 Å². The Morgan fingerprint density at radius 3 is 2.37 bits per heavy atom. The number of rotatable bonds is 5. The zero-order valence-electron chi connectivity index (χ0n) is 14.7. The first kappa shape index (κ1) is 19.7. The maximum atomic E-state index is 13.2. The highest BCUT2D eigenvalue weighted by Crippen LogP contribution is 2.29. The topological polar surface area (TPSA) is 80.8 Å². The van der Waals surface area contributed by atoms with Gasteiger partial charge in [-0.1, -0.05) is 12.8 Å². The second-order valence-corrected chi connectivity index (χ2v) is 9.23. The summed E-state index contributed by atoms with van der Waals surface area (Å²) in [6.07, 6.45) is 3.88. The lowest BCUT2D eigenvalue weighted by molar-refractivity contribution is -0.139. The normalized spacial score (nSPS) is 21.9. The second kappa shape index (κ2) is 7.92. The van der Waals surface area contributed by atoms with E-state index in [4.69, 9.17) is 4.74 Å². The molecular formula is C18H21F2NO5S. The van der Waals surface area contributed by atoms with Crippen molar-refractivity contribution in [3.8, 4) is 0 Å². The molecule has 9 heteroatoms. The Morgan fingerprint density at radius 1 is 1.07 bits per heavy atom. The maximum Gasteiger partial charge on any atom is 0.338 e. The SMILES string of the molecule is O=C(OCC(=O)N(C1CCCC1)[C@H]1CCS(=O)(=O)C1)c1ccc(F)c(F)c1. The fourth-order valence-corrected chi connectivity index (χ4v) is 5.50. The lowest BCUT2D eigenvalue weighted by Crippen LogP contribution is -2.48. The van der Waals surface area contributed by atoms with Crippen LogP contribution in [0.2, 0.25) is 0 Å². The van der Waals surface area contributed by atoms with Crippen LogP contribution in [0.25, 0.3) is 0 Å². The zero-order chi connectivity index (χ0) is 19.6. The van der Waals surface area contributed by atoms with E-state index in [1.807, 2.05) is 0 Å². The van der Waals surface area contributed by atoms with Gasteiger partial charge >= 0.3 is 5.97 Å². The molecule has 2 fully saturated rings. The summed E-state index contributed by atoms with van der Waals surface area (Å²) in [7, 11) is -3.17. The monoisotopic (exact) mass is 401 g/mol. The van der Waals surface area contributed by atoms with E-state index in [2.05, 4.69) is 0 Å². The number of benzene rings is 1. The van der Waals surface area contributed by atoms with E-state index in [1.165, 1.54) is 0 Å². The Kier molecular flexibility index (Phi) is 5.78. The average molecular weight is 401 g/mol. The van der Waals surface area contributed by atoms with Gasteiger partial charge in [0.2, 0.25) is 0 Å². The highest BCUT2D eigenvalue weighted by Gasteiger charge is 2.39. The molecule has 1 saturated carbocycles. The maximum absolute atomic E-state index is 13.2. The summed E-state index contributed by atoms with van der Waals surface area (Å²) in [5, 5.41) is 0. The molecule has 1 atom stereocenters.